The molecule has 1 aromatic carbocycles. The molecule has 2 N–H and O–H groups in total. The van der Waals surface area contributed by atoms with Gasteiger partial charge in [-0.3, -0.25) is 0 Å². The number of aromatic nitrogens is 3. The number of nitrogen functional groups attached to an aromatic ring is 1. The molecule has 0 fully saturated rings. The molecular formula is C14H11FN4S. The van der Waals surface area contributed by atoms with E-state index in [1.54, 1.807) is 19.2 Å². The van der Waals surface area contributed by atoms with E-state index >= 15 is 0 Å². The minimum Gasteiger partial charge on any atom is -0.383 e. The number of hydrogen-bond donors (Lipinski definition) is 1. The zero-order chi connectivity index (χ0) is 14.1. The van der Waals surface area contributed by atoms with Gasteiger partial charge in [0.15, 0.2) is 0 Å². The molecule has 0 saturated carbocycles. The monoisotopic (exact) mass is 286 g/mol. The molecule has 20 heavy (non-hydrogen) atoms. The number of aryl methyl sites for hydroxylation is 1. The molecule has 6 heteroatoms. The van der Waals surface area contributed by atoms with Crippen LogP contribution >= 0.6 is 11.3 Å². The minimum absolute atomic E-state index is 0.282. The number of halogens is 1. The molecule has 0 aliphatic heterocycles. The first-order valence-electron chi connectivity index (χ1n) is 5.94. The van der Waals surface area contributed by atoms with E-state index in [0.717, 1.165) is 10.6 Å². The van der Waals surface area contributed by atoms with Gasteiger partial charge in [-0.25, -0.2) is 19.3 Å². The molecule has 0 radical (unpaired) electrons. The van der Waals surface area contributed by atoms with Crippen LogP contribution < -0.4 is 5.73 Å². The normalized spacial score (nSPS) is 10.7. The summed E-state index contributed by atoms with van der Waals surface area (Å²) in [5.41, 5.74) is 8.03. The van der Waals surface area contributed by atoms with Gasteiger partial charge in [0.05, 0.1) is 11.3 Å². The van der Waals surface area contributed by atoms with E-state index in [2.05, 4.69) is 15.0 Å². The second-order valence-corrected chi connectivity index (χ2v) is 5.12. The van der Waals surface area contributed by atoms with Crippen molar-refractivity contribution in [3.63, 3.8) is 0 Å². The topological polar surface area (TPSA) is 64.7 Å². The maximum absolute atomic E-state index is 13.2. The Hall–Kier alpha value is -2.34. The van der Waals surface area contributed by atoms with Crippen LogP contribution in [0.25, 0.3) is 21.8 Å². The van der Waals surface area contributed by atoms with Crippen molar-refractivity contribution in [1.82, 2.24) is 15.0 Å². The van der Waals surface area contributed by atoms with Gasteiger partial charge >= 0.3 is 0 Å². The van der Waals surface area contributed by atoms with Gasteiger partial charge in [-0.15, -0.1) is 11.3 Å². The Morgan fingerprint density at radius 2 is 2.10 bits per heavy atom. The van der Waals surface area contributed by atoms with Gasteiger partial charge in [0, 0.05) is 17.1 Å². The molecule has 0 spiro atoms. The Balaban J connectivity index is 2.02. The molecule has 0 aliphatic rings. The molecule has 0 bridgehead atoms. The second-order valence-electron chi connectivity index (χ2n) is 4.26. The predicted octanol–water partition coefficient (Wildman–Crippen LogP) is 3.30. The lowest BCUT2D eigenvalue weighted by Crippen LogP contribution is -1.98. The maximum atomic E-state index is 13.2. The Labute approximate surface area is 119 Å². The molecule has 3 rings (SSSR count). The SMILES string of the molecule is Cc1ncc(-c2nc(-c3cccc(F)c3)cs2)c(N)n1. The lowest BCUT2D eigenvalue weighted by Gasteiger charge is -2.01. The summed E-state index contributed by atoms with van der Waals surface area (Å²) in [6, 6.07) is 6.33. The van der Waals surface area contributed by atoms with Crippen molar-refractivity contribution in [1.29, 1.82) is 0 Å². The first kappa shape index (κ1) is 12.7. The van der Waals surface area contributed by atoms with E-state index in [1.165, 1.54) is 23.5 Å². The highest BCUT2D eigenvalue weighted by molar-refractivity contribution is 7.13. The average Bonchev–Trinajstić information content (AvgIpc) is 2.88. The molecule has 0 saturated heterocycles. The smallest absolute Gasteiger partial charge is 0.137 e. The van der Waals surface area contributed by atoms with Crippen LogP contribution in [0.1, 0.15) is 5.82 Å². The maximum Gasteiger partial charge on any atom is 0.137 e. The van der Waals surface area contributed by atoms with E-state index in [9.17, 15) is 4.39 Å². The summed E-state index contributed by atoms with van der Waals surface area (Å²) in [4.78, 5) is 12.7. The molecule has 0 amide bonds. The fraction of sp³-hybridized carbons (Fsp3) is 0.0714. The molecule has 2 heterocycles. The molecule has 2 aromatic heterocycles. The van der Waals surface area contributed by atoms with Crippen LogP contribution in [0.15, 0.2) is 35.8 Å². The number of rotatable bonds is 2. The third kappa shape index (κ3) is 2.37. The highest BCUT2D eigenvalue weighted by Gasteiger charge is 2.11. The van der Waals surface area contributed by atoms with E-state index in [1.807, 2.05) is 11.4 Å². The summed E-state index contributed by atoms with van der Waals surface area (Å²) in [5, 5.41) is 2.59. The predicted molar refractivity (Wildman–Crippen MR) is 77.7 cm³/mol. The van der Waals surface area contributed by atoms with Crippen LogP contribution in [0.4, 0.5) is 10.2 Å². The molecule has 0 unspecified atom stereocenters. The minimum atomic E-state index is -0.282. The lowest BCUT2D eigenvalue weighted by molar-refractivity contribution is 0.628. The van der Waals surface area contributed by atoms with Crippen LogP contribution in [-0.2, 0) is 0 Å². The van der Waals surface area contributed by atoms with Gasteiger partial charge in [-0.2, -0.15) is 0 Å². The number of anilines is 1. The molecular weight excluding hydrogens is 275 g/mol. The Bertz CT molecular complexity index is 769. The van der Waals surface area contributed by atoms with E-state index in [-0.39, 0.29) is 5.82 Å². The van der Waals surface area contributed by atoms with Gasteiger partial charge in [0.25, 0.3) is 0 Å². The van der Waals surface area contributed by atoms with Crippen molar-refractivity contribution in [2.45, 2.75) is 6.92 Å². The zero-order valence-electron chi connectivity index (χ0n) is 10.7. The summed E-state index contributed by atoms with van der Waals surface area (Å²) in [6.45, 7) is 1.78. The van der Waals surface area contributed by atoms with Crippen molar-refractivity contribution in [3.8, 4) is 21.8 Å². The summed E-state index contributed by atoms with van der Waals surface area (Å²) in [6.07, 6.45) is 1.66. The van der Waals surface area contributed by atoms with Crippen molar-refractivity contribution in [2.75, 3.05) is 5.73 Å². The molecule has 4 nitrogen and oxygen atoms in total. The zero-order valence-corrected chi connectivity index (χ0v) is 11.5. The van der Waals surface area contributed by atoms with Crippen LogP contribution in [0.3, 0.4) is 0 Å². The first-order valence-corrected chi connectivity index (χ1v) is 6.82. The van der Waals surface area contributed by atoms with Crippen molar-refractivity contribution in [3.05, 3.63) is 47.5 Å². The Kier molecular flexibility index (Phi) is 3.15. The van der Waals surface area contributed by atoms with Crippen LogP contribution in [0, 0.1) is 12.7 Å². The summed E-state index contributed by atoms with van der Waals surface area (Å²) in [7, 11) is 0. The van der Waals surface area contributed by atoms with E-state index < -0.39 is 0 Å². The highest BCUT2D eigenvalue weighted by atomic mass is 32.1. The Morgan fingerprint density at radius 3 is 2.85 bits per heavy atom. The number of nitrogens with zero attached hydrogens (tertiary/aromatic N) is 3. The van der Waals surface area contributed by atoms with Crippen LogP contribution in [-0.4, -0.2) is 15.0 Å². The summed E-state index contributed by atoms with van der Waals surface area (Å²) in [5.74, 6) is 0.737. The number of thiazole rings is 1. The largest absolute Gasteiger partial charge is 0.383 e. The van der Waals surface area contributed by atoms with E-state index in [0.29, 0.717) is 22.9 Å². The lowest BCUT2D eigenvalue weighted by atomic mass is 10.2. The van der Waals surface area contributed by atoms with Gasteiger partial charge in [0.1, 0.15) is 22.5 Å². The third-order valence-electron chi connectivity index (χ3n) is 2.79. The van der Waals surface area contributed by atoms with Gasteiger partial charge in [-0.05, 0) is 19.1 Å². The van der Waals surface area contributed by atoms with Gasteiger partial charge < -0.3 is 5.73 Å². The van der Waals surface area contributed by atoms with Crippen LogP contribution in [0.5, 0.6) is 0 Å². The standard InChI is InChI=1S/C14H11FN4S/c1-8-17-6-11(13(16)18-8)14-19-12(7-20-14)9-3-2-4-10(15)5-9/h2-7H,1H3,(H2,16,17,18). The highest BCUT2D eigenvalue weighted by Crippen LogP contribution is 2.31. The summed E-state index contributed by atoms with van der Waals surface area (Å²) >= 11 is 1.43. The average molecular weight is 286 g/mol. The van der Waals surface area contributed by atoms with Crippen molar-refractivity contribution in [2.24, 2.45) is 0 Å². The number of nitrogens with two attached hydrogens (primary N) is 1. The van der Waals surface area contributed by atoms with Gasteiger partial charge in [0.2, 0.25) is 0 Å². The Morgan fingerprint density at radius 1 is 1.25 bits per heavy atom. The number of benzene rings is 1. The second kappa shape index (κ2) is 4.97. The van der Waals surface area contributed by atoms with Gasteiger partial charge in [-0.1, -0.05) is 12.1 Å². The van der Waals surface area contributed by atoms with E-state index in [4.69, 9.17) is 5.73 Å². The fourth-order valence-corrected chi connectivity index (χ4v) is 2.68. The molecule has 3 aromatic rings. The number of hydrogen-bond acceptors (Lipinski definition) is 5. The molecule has 0 atom stereocenters. The summed E-state index contributed by atoms with van der Waals surface area (Å²) < 4.78 is 13.2. The third-order valence-corrected chi connectivity index (χ3v) is 3.67. The first-order chi connectivity index (χ1) is 9.63. The molecule has 100 valence electrons. The fourth-order valence-electron chi connectivity index (χ4n) is 1.83. The van der Waals surface area contributed by atoms with Crippen molar-refractivity contribution < 1.29 is 4.39 Å². The van der Waals surface area contributed by atoms with Crippen molar-refractivity contribution >= 4 is 17.2 Å². The van der Waals surface area contributed by atoms with Crippen LogP contribution in [0.2, 0.25) is 0 Å². The molecule has 0 aliphatic carbocycles. The quantitative estimate of drug-likeness (QED) is 0.785.